The Morgan fingerprint density at radius 2 is 1.59 bits per heavy atom. The lowest BCUT2D eigenvalue weighted by molar-refractivity contribution is -0.123. The van der Waals surface area contributed by atoms with Crippen LogP contribution in [0.15, 0.2) is 54.6 Å². The third kappa shape index (κ3) is 5.75. The van der Waals surface area contributed by atoms with Gasteiger partial charge in [-0.05, 0) is 81.5 Å². The Bertz CT molecular complexity index is 886. The molecule has 0 saturated carbocycles. The second kappa shape index (κ2) is 10.7. The van der Waals surface area contributed by atoms with Gasteiger partial charge in [-0.25, -0.2) is 0 Å². The van der Waals surface area contributed by atoms with Crippen molar-refractivity contribution in [3.05, 3.63) is 65.7 Å². The maximum Gasteiger partial charge on any atom is 0.246 e. The summed E-state index contributed by atoms with van der Waals surface area (Å²) < 4.78 is 0. The number of carbonyl (C=O) groups is 2. The molecule has 32 heavy (non-hydrogen) atoms. The smallest absolute Gasteiger partial charge is 0.246 e. The number of nitrogens with zero attached hydrogens (tertiary/aromatic N) is 2. The van der Waals surface area contributed by atoms with Crippen LogP contribution in [-0.4, -0.2) is 54.3 Å². The Morgan fingerprint density at radius 1 is 0.938 bits per heavy atom. The first-order valence-corrected chi connectivity index (χ1v) is 11.8. The van der Waals surface area contributed by atoms with Crippen molar-refractivity contribution in [2.75, 3.05) is 38.0 Å². The van der Waals surface area contributed by atoms with Crippen LogP contribution < -0.4 is 11.1 Å². The van der Waals surface area contributed by atoms with E-state index < -0.39 is 0 Å². The van der Waals surface area contributed by atoms with Gasteiger partial charge in [0.2, 0.25) is 11.8 Å². The average molecular weight is 435 g/mol. The summed E-state index contributed by atoms with van der Waals surface area (Å²) in [6, 6.07) is 18.0. The lowest BCUT2D eigenvalue weighted by Gasteiger charge is -2.30. The fraction of sp³-hybridized carbons (Fsp3) is 0.462. The third-order valence-electron chi connectivity index (χ3n) is 6.80. The molecule has 6 heteroatoms. The molecule has 2 amide bonds. The van der Waals surface area contributed by atoms with Crippen molar-refractivity contribution in [1.82, 2.24) is 9.80 Å². The highest BCUT2D eigenvalue weighted by Gasteiger charge is 2.29. The minimum absolute atomic E-state index is 0.0307. The number of benzene rings is 2. The first-order chi connectivity index (χ1) is 15.6. The monoisotopic (exact) mass is 434 g/mol. The van der Waals surface area contributed by atoms with Gasteiger partial charge in [0.15, 0.2) is 0 Å². The molecule has 4 rings (SSSR count). The summed E-state index contributed by atoms with van der Waals surface area (Å²) in [4.78, 5) is 29.2. The number of rotatable bonds is 8. The number of carbonyl (C=O) groups excluding carboxylic acids is 2. The molecule has 0 spiro atoms. The average Bonchev–Trinajstić information content (AvgIpc) is 3.34. The number of nitrogens with two attached hydrogens (primary N) is 1. The normalized spacial score (nSPS) is 19.0. The highest BCUT2D eigenvalue weighted by atomic mass is 16.2. The lowest BCUT2D eigenvalue weighted by Crippen LogP contribution is -2.39. The van der Waals surface area contributed by atoms with Gasteiger partial charge in [0.05, 0.1) is 0 Å². The zero-order chi connectivity index (χ0) is 22.3. The highest BCUT2D eigenvalue weighted by Crippen LogP contribution is 2.27. The number of primary amides is 1. The fourth-order valence-corrected chi connectivity index (χ4v) is 4.86. The first-order valence-electron chi connectivity index (χ1n) is 11.8. The van der Waals surface area contributed by atoms with E-state index >= 15 is 0 Å². The van der Waals surface area contributed by atoms with E-state index in [-0.39, 0.29) is 23.8 Å². The van der Waals surface area contributed by atoms with Crippen molar-refractivity contribution in [2.45, 2.75) is 38.1 Å². The van der Waals surface area contributed by atoms with Crippen molar-refractivity contribution >= 4 is 17.5 Å². The predicted octanol–water partition coefficient (Wildman–Crippen LogP) is 3.20. The number of likely N-dealkylation sites (tertiary alicyclic amines) is 2. The van der Waals surface area contributed by atoms with Crippen LogP contribution in [0.5, 0.6) is 0 Å². The third-order valence-corrected chi connectivity index (χ3v) is 6.80. The molecule has 6 nitrogen and oxygen atoms in total. The molecule has 1 atom stereocenters. The van der Waals surface area contributed by atoms with Gasteiger partial charge in [0.25, 0.3) is 0 Å². The Labute approximate surface area is 190 Å². The molecule has 3 N–H and O–H groups in total. The van der Waals surface area contributed by atoms with Crippen LogP contribution in [-0.2, 0) is 16.0 Å². The van der Waals surface area contributed by atoms with Crippen molar-refractivity contribution in [2.24, 2.45) is 11.7 Å². The number of hydrogen-bond donors (Lipinski definition) is 2. The molecule has 0 aliphatic carbocycles. The topological polar surface area (TPSA) is 78.7 Å². The van der Waals surface area contributed by atoms with Gasteiger partial charge in [-0.3, -0.25) is 14.5 Å². The molecule has 0 bridgehead atoms. The highest BCUT2D eigenvalue weighted by molar-refractivity contribution is 5.95. The minimum Gasteiger partial charge on any atom is -0.369 e. The van der Waals surface area contributed by atoms with E-state index in [2.05, 4.69) is 27.2 Å². The number of anilines is 1. The molecule has 0 radical (unpaired) electrons. The van der Waals surface area contributed by atoms with Gasteiger partial charge in [0.1, 0.15) is 6.04 Å². The summed E-state index contributed by atoms with van der Waals surface area (Å²) in [6.07, 6.45) is 4.96. The van der Waals surface area contributed by atoms with E-state index in [1.54, 1.807) is 0 Å². The molecule has 0 aromatic heterocycles. The maximum absolute atomic E-state index is 13.2. The van der Waals surface area contributed by atoms with Gasteiger partial charge in [-0.2, -0.15) is 0 Å². The second-order valence-electron chi connectivity index (χ2n) is 9.01. The molecule has 2 aliphatic heterocycles. The van der Waals surface area contributed by atoms with Crippen LogP contribution in [0, 0.1) is 5.92 Å². The molecule has 2 fully saturated rings. The van der Waals surface area contributed by atoms with Crippen molar-refractivity contribution < 1.29 is 9.59 Å². The second-order valence-corrected chi connectivity index (χ2v) is 9.01. The van der Waals surface area contributed by atoms with E-state index in [0.717, 1.165) is 76.1 Å². The molecule has 2 aromatic rings. The summed E-state index contributed by atoms with van der Waals surface area (Å²) >= 11 is 0. The predicted molar refractivity (Wildman–Crippen MR) is 127 cm³/mol. The largest absolute Gasteiger partial charge is 0.369 e. The number of amides is 2. The molecule has 170 valence electrons. The van der Waals surface area contributed by atoms with E-state index in [0.29, 0.717) is 0 Å². The number of nitrogens with one attached hydrogen (secondary N) is 1. The first kappa shape index (κ1) is 22.5. The van der Waals surface area contributed by atoms with Gasteiger partial charge in [-0.1, -0.05) is 42.5 Å². The Morgan fingerprint density at radius 3 is 2.22 bits per heavy atom. The maximum atomic E-state index is 13.2. The quantitative estimate of drug-likeness (QED) is 0.669. The Hall–Kier alpha value is -2.70. The van der Waals surface area contributed by atoms with Gasteiger partial charge < -0.3 is 16.0 Å². The zero-order valence-electron chi connectivity index (χ0n) is 18.7. The van der Waals surface area contributed by atoms with Crippen LogP contribution in [0.25, 0.3) is 0 Å². The van der Waals surface area contributed by atoms with Crippen LogP contribution in [0.1, 0.15) is 42.9 Å². The van der Waals surface area contributed by atoms with Crippen molar-refractivity contribution in [3.63, 3.8) is 0 Å². The standard InChI is InChI=1S/C26H34N4O2/c27-25(31)22-13-18-29(19-14-22)17-12-20-8-10-23(11-9-20)28-26(32)24(30-15-4-5-16-30)21-6-2-1-3-7-21/h1-3,6-11,22,24H,4-5,12-19H2,(H2,27,31)(H,28,32). The number of hydrogen-bond acceptors (Lipinski definition) is 4. The summed E-state index contributed by atoms with van der Waals surface area (Å²) in [6.45, 7) is 4.76. The van der Waals surface area contributed by atoms with Crippen LogP contribution in [0.3, 0.4) is 0 Å². The van der Waals surface area contributed by atoms with E-state index in [1.165, 1.54) is 5.56 Å². The van der Waals surface area contributed by atoms with Gasteiger partial charge in [0, 0.05) is 18.2 Å². The zero-order valence-corrected chi connectivity index (χ0v) is 18.7. The van der Waals surface area contributed by atoms with Crippen LogP contribution >= 0.6 is 0 Å². The van der Waals surface area contributed by atoms with E-state index in [9.17, 15) is 9.59 Å². The van der Waals surface area contributed by atoms with Gasteiger partial charge in [-0.15, -0.1) is 0 Å². The summed E-state index contributed by atoms with van der Waals surface area (Å²) in [7, 11) is 0. The molecule has 1 unspecified atom stereocenters. The fourth-order valence-electron chi connectivity index (χ4n) is 4.86. The molecule has 2 aromatic carbocycles. The van der Waals surface area contributed by atoms with Gasteiger partial charge >= 0.3 is 0 Å². The molecule has 2 heterocycles. The lowest BCUT2D eigenvalue weighted by atomic mass is 9.96. The Kier molecular flexibility index (Phi) is 7.55. The molecular weight excluding hydrogens is 400 g/mol. The van der Waals surface area contributed by atoms with Crippen LogP contribution in [0.2, 0.25) is 0 Å². The summed E-state index contributed by atoms with van der Waals surface area (Å²) in [5.74, 6) is -0.0980. The summed E-state index contributed by atoms with van der Waals surface area (Å²) in [5, 5.41) is 3.13. The molecule has 2 saturated heterocycles. The Balaban J connectivity index is 1.31. The molecular formula is C26H34N4O2. The van der Waals surface area contributed by atoms with Crippen LogP contribution in [0.4, 0.5) is 5.69 Å². The molecule has 2 aliphatic rings. The minimum atomic E-state index is -0.248. The van der Waals surface area contributed by atoms with E-state index in [4.69, 9.17) is 5.73 Å². The van der Waals surface area contributed by atoms with Crippen molar-refractivity contribution in [3.8, 4) is 0 Å². The van der Waals surface area contributed by atoms with Crippen molar-refractivity contribution in [1.29, 1.82) is 0 Å². The SMILES string of the molecule is NC(=O)C1CCN(CCc2ccc(NC(=O)C(c3ccccc3)N3CCCC3)cc2)CC1. The summed E-state index contributed by atoms with van der Waals surface area (Å²) in [5.41, 5.74) is 8.55. The van der Waals surface area contributed by atoms with E-state index in [1.807, 2.05) is 42.5 Å². The number of piperidine rings is 1.